The van der Waals surface area contributed by atoms with Crippen molar-refractivity contribution in [2.24, 2.45) is 0 Å². The molecule has 1 unspecified atom stereocenters. The SMILES string of the molecule is CCCCCOc1ccc(C2c3c(oc4ccc(F)cc4c3=O)C(=O)N2c2ccc(OC)cc2)cc1. The van der Waals surface area contributed by atoms with Crippen LogP contribution in [0.4, 0.5) is 10.1 Å². The molecule has 0 aliphatic carbocycles. The smallest absolute Gasteiger partial charge is 0.295 e. The second-order valence-electron chi connectivity index (χ2n) is 8.71. The average molecular weight is 488 g/mol. The maximum atomic E-state index is 14.0. The fraction of sp³-hybridized carbons (Fsp3) is 0.241. The van der Waals surface area contributed by atoms with Gasteiger partial charge in [-0.05, 0) is 66.6 Å². The Balaban J connectivity index is 1.61. The number of amides is 1. The van der Waals surface area contributed by atoms with Gasteiger partial charge in [0.2, 0.25) is 5.76 Å². The first-order chi connectivity index (χ1) is 17.5. The Morgan fingerprint density at radius 2 is 1.67 bits per heavy atom. The first kappa shape index (κ1) is 23.6. The molecule has 1 amide bonds. The number of carbonyl (C=O) groups excluding carboxylic acids is 1. The third-order valence-corrected chi connectivity index (χ3v) is 6.40. The number of fused-ring (bicyclic) bond motifs is 2. The molecule has 2 heterocycles. The van der Waals surface area contributed by atoms with E-state index < -0.39 is 23.2 Å². The van der Waals surface area contributed by atoms with E-state index in [1.165, 1.54) is 17.0 Å². The third-order valence-electron chi connectivity index (χ3n) is 6.40. The second kappa shape index (κ2) is 9.85. The Kier molecular flexibility index (Phi) is 6.46. The molecule has 0 bridgehead atoms. The highest BCUT2D eigenvalue weighted by Crippen LogP contribution is 2.42. The van der Waals surface area contributed by atoms with E-state index in [0.717, 1.165) is 25.3 Å². The van der Waals surface area contributed by atoms with Gasteiger partial charge in [-0.25, -0.2) is 4.39 Å². The van der Waals surface area contributed by atoms with Crippen LogP contribution in [0.3, 0.4) is 0 Å². The molecule has 184 valence electrons. The maximum Gasteiger partial charge on any atom is 0.295 e. The van der Waals surface area contributed by atoms with Crippen LogP contribution in [-0.2, 0) is 0 Å². The molecule has 0 N–H and O–H groups in total. The Labute approximate surface area is 207 Å². The summed E-state index contributed by atoms with van der Waals surface area (Å²) in [6.07, 6.45) is 3.18. The summed E-state index contributed by atoms with van der Waals surface area (Å²) in [4.78, 5) is 28.8. The summed E-state index contributed by atoms with van der Waals surface area (Å²) in [6, 6.07) is 17.3. The number of ether oxygens (including phenoxy) is 2. The van der Waals surface area contributed by atoms with Crippen LogP contribution < -0.4 is 19.8 Å². The Bertz CT molecular complexity index is 1460. The highest BCUT2D eigenvalue weighted by molar-refractivity contribution is 6.10. The first-order valence-corrected chi connectivity index (χ1v) is 12.0. The summed E-state index contributed by atoms with van der Waals surface area (Å²) < 4.78 is 31.0. The fourth-order valence-electron chi connectivity index (χ4n) is 4.56. The van der Waals surface area contributed by atoms with Crippen LogP contribution in [0.2, 0.25) is 0 Å². The predicted molar refractivity (Wildman–Crippen MR) is 136 cm³/mol. The lowest BCUT2D eigenvalue weighted by Gasteiger charge is -2.25. The van der Waals surface area contributed by atoms with Crippen molar-refractivity contribution in [3.05, 3.63) is 99.7 Å². The van der Waals surface area contributed by atoms with Crippen LogP contribution in [0.1, 0.15) is 53.9 Å². The van der Waals surface area contributed by atoms with E-state index in [2.05, 4.69) is 6.92 Å². The summed E-state index contributed by atoms with van der Waals surface area (Å²) in [5.74, 6) is 0.317. The molecule has 0 fully saturated rings. The number of nitrogens with zero attached hydrogens (tertiary/aromatic N) is 1. The van der Waals surface area contributed by atoms with Crippen molar-refractivity contribution in [1.82, 2.24) is 0 Å². The number of anilines is 1. The number of halogens is 1. The van der Waals surface area contributed by atoms with Gasteiger partial charge in [-0.2, -0.15) is 0 Å². The molecule has 1 atom stereocenters. The van der Waals surface area contributed by atoms with Gasteiger partial charge in [-0.15, -0.1) is 0 Å². The lowest BCUT2D eigenvalue weighted by atomic mass is 9.98. The molecule has 1 aliphatic heterocycles. The molecule has 1 aromatic heterocycles. The molecule has 0 spiro atoms. The van der Waals surface area contributed by atoms with Crippen molar-refractivity contribution in [3.63, 3.8) is 0 Å². The minimum Gasteiger partial charge on any atom is -0.497 e. The average Bonchev–Trinajstić information content (AvgIpc) is 3.20. The highest BCUT2D eigenvalue weighted by atomic mass is 19.1. The number of rotatable bonds is 8. The van der Waals surface area contributed by atoms with Crippen molar-refractivity contribution >= 4 is 22.6 Å². The van der Waals surface area contributed by atoms with Gasteiger partial charge in [-0.1, -0.05) is 31.9 Å². The summed E-state index contributed by atoms with van der Waals surface area (Å²) in [6.45, 7) is 2.76. The first-order valence-electron chi connectivity index (χ1n) is 12.0. The maximum absolute atomic E-state index is 14.0. The van der Waals surface area contributed by atoms with E-state index in [9.17, 15) is 14.0 Å². The van der Waals surface area contributed by atoms with Crippen LogP contribution in [0.25, 0.3) is 11.0 Å². The van der Waals surface area contributed by atoms with Gasteiger partial charge in [0.05, 0.1) is 30.7 Å². The van der Waals surface area contributed by atoms with E-state index in [0.29, 0.717) is 29.4 Å². The van der Waals surface area contributed by atoms with Crippen molar-refractivity contribution in [3.8, 4) is 11.5 Å². The van der Waals surface area contributed by atoms with E-state index in [-0.39, 0.29) is 22.3 Å². The van der Waals surface area contributed by atoms with Crippen molar-refractivity contribution < 1.29 is 23.1 Å². The number of benzene rings is 3. The highest BCUT2D eigenvalue weighted by Gasteiger charge is 2.43. The minimum absolute atomic E-state index is 0.0418. The monoisotopic (exact) mass is 487 g/mol. The summed E-state index contributed by atoms with van der Waals surface area (Å²) in [5, 5.41) is 0.0963. The standard InChI is InChI=1S/C29H26FNO5/c1-3-4-5-16-35-22-11-6-18(7-12-22)26-25-27(32)23-17-19(30)8-15-24(23)36-28(25)29(33)31(26)20-9-13-21(34-2)14-10-20/h6-15,17,26H,3-5,16H2,1-2H3. The molecule has 3 aromatic carbocycles. The molecule has 7 heteroatoms. The van der Waals surface area contributed by atoms with Gasteiger partial charge < -0.3 is 13.9 Å². The zero-order valence-corrected chi connectivity index (χ0v) is 20.1. The van der Waals surface area contributed by atoms with Crippen LogP contribution >= 0.6 is 0 Å². The van der Waals surface area contributed by atoms with Crippen LogP contribution in [0.15, 0.2) is 75.9 Å². The topological polar surface area (TPSA) is 69.0 Å². The van der Waals surface area contributed by atoms with Gasteiger partial charge in [0.15, 0.2) is 5.43 Å². The molecule has 0 radical (unpaired) electrons. The summed E-state index contributed by atoms with van der Waals surface area (Å²) in [7, 11) is 1.56. The minimum atomic E-state index is -0.751. The van der Waals surface area contributed by atoms with E-state index in [4.69, 9.17) is 13.9 Å². The zero-order valence-electron chi connectivity index (χ0n) is 20.1. The Morgan fingerprint density at radius 1 is 0.944 bits per heavy atom. The third kappa shape index (κ3) is 4.21. The molecule has 4 aromatic rings. The van der Waals surface area contributed by atoms with E-state index in [1.807, 2.05) is 24.3 Å². The normalized spacial score (nSPS) is 14.8. The van der Waals surface area contributed by atoms with E-state index >= 15 is 0 Å². The molecule has 36 heavy (non-hydrogen) atoms. The second-order valence-corrected chi connectivity index (χ2v) is 8.71. The largest absolute Gasteiger partial charge is 0.497 e. The Hall–Kier alpha value is -4.13. The quantitative estimate of drug-likeness (QED) is 0.275. The van der Waals surface area contributed by atoms with Gasteiger partial charge in [0.1, 0.15) is 22.9 Å². The lowest BCUT2D eigenvalue weighted by Crippen LogP contribution is -2.29. The van der Waals surface area contributed by atoms with Crippen LogP contribution in [0, 0.1) is 5.82 Å². The zero-order chi connectivity index (χ0) is 25.2. The number of unbranched alkanes of at least 4 members (excludes halogenated alkanes) is 2. The molecule has 0 saturated heterocycles. The number of carbonyl (C=O) groups is 1. The van der Waals surface area contributed by atoms with Gasteiger partial charge in [-0.3, -0.25) is 14.5 Å². The molecule has 5 rings (SSSR count). The number of hydrogen-bond acceptors (Lipinski definition) is 5. The fourth-order valence-corrected chi connectivity index (χ4v) is 4.56. The molecular formula is C29H26FNO5. The molecule has 1 aliphatic rings. The van der Waals surface area contributed by atoms with Crippen molar-refractivity contribution in [2.75, 3.05) is 18.6 Å². The summed E-state index contributed by atoms with van der Waals surface area (Å²) in [5.41, 5.74) is 1.21. The van der Waals surface area contributed by atoms with Gasteiger partial charge in [0.25, 0.3) is 5.91 Å². The molecular weight excluding hydrogens is 461 g/mol. The van der Waals surface area contributed by atoms with Crippen molar-refractivity contribution in [2.45, 2.75) is 32.2 Å². The van der Waals surface area contributed by atoms with Crippen LogP contribution in [-0.4, -0.2) is 19.6 Å². The van der Waals surface area contributed by atoms with E-state index in [1.54, 1.807) is 31.4 Å². The Morgan fingerprint density at radius 3 is 2.36 bits per heavy atom. The predicted octanol–water partition coefficient (Wildman–Crippen LogP) is 6.26. The van der Waals surface area contributed by atoms with Crippen LogP contribution in [0.5, 0.6) is 11.5 Å². The lowest BCUT2D eigenvalue weighted by molar-refractivity contribution is 0.0971. The molecule has 6 nitrogen and oxygen atoms in total. The number of hydrogen-bond donors (Lipinski definition) is 0. The molecule has 0 saturated carbocycles. The summed E-state index contributed by atoms with van der Waals surface area (Å²) >= 11 is 0. The van der Waals surface area contributed by atoms with Gasteiger partial charge in [0, 0.05) is 5.69 Å². The van der Waals surface area contributed by atoms with Crippen molar-refractivity contribution in [1.29, 1.82) is 0 Å². The van der Waals surface area contributed by atoms with Gasteiger partial charge >= 0.3 is 0 Å². The number of methoxy groups -OCH3 is 1.